The van der Waals surface area contributed by atoms with Crippen molar-refractivity contribution in [3.8, 4) is 0 Å². The second-order valence-corrected chi connectivity index (χ2v) is 4.84. The van der Waals surface area contributed by atoms with Crippen LogP contribution in [0.5, 0.6) is 0 Å². The SMILES string of the molecule is Cc1cn(CC[C@H]2C[C@H](O)[C@@H](CO)O2)c(=O)[nH]c1=O. The maximum absolute atomic E-state index is 11.6. The molecule has 0 aromatic carbocycles. The molecule has 106 valence electrons. The Hall–Kier alpha value is -1.44. The Morgan fingerprint density at radius 1 is 1.53 bits per heavy atom. The van der Waals surface area contributed by atoms with Crippen LogP contribution in [0.1, 0.15) is 18.4 Å². The molecule has 1 aliphatic rings. The van der Waals surface area contributed by atoms with Gasteiger partial charge in [0, 0.05) is 24.7 Å². The first-order valence-electron chi connectivity index (χ1n) is 6.26. The van der Waals surface area contributed by atoms with Gasteiger partial charge in [0.05, 0.1) is 18.8 Å². The van der Waals surface area contributed by atoms with E-state index in [-0.39, 0.29) is 18.3 Å². The Labute approximate surface area is 109 Å². The second-order valence-electron chi connectivity index (χ2n) is 4.84. The van der Waals surface area contributed by atoms with Gasteiger partial charge >= 0.3 is 5.69 Å². The smallest absolute Gasteiger partial charge is 0.328 e. The number of aliphatic hydroxyl groups excluding tert-OH is 2. The van der Waals surface area contributed by atoms with Crippen LogP contribution in [0, 0.1) is 6.92 Å². The molecule has 2 rings (SSSR count). The molecule has 0 bridgehead atoms. The van der Waals surface area contributed by atoms with Gasteiger partial charge in [-0.25, -0.2) is 4.79 Å². The fourth-order valence-corrected chi connectivity index (χ4v) is 2.23. The molecule has 0 unspecified atom stereocenters. The van der Waals surface area contributed by atoms with Gasteiger partial charge in [-0.1, -0.05) is 0 Å². The number of aryl methyl sites for hydroxylation is 2. The van der Waals surface area contributed by atoms with E-state index in [4.69, 9.17) is 9.84 Å². The Kier molecular flexibility index (Phi) is 4.18. The van der Waals surface area contributed by atoms with Gasteiger partial charge in [0.15, 0.2) is 0 Å². The van der Waals surface area contributed by atoms with E-state index in [1.165, 1.54) is 10.8 Å². The third-order valence-electron chi connectivity index (χ3n) is 3.36. The molecular weight excluding hydrogens is 252 g/mol. The van der Waals surface area contributed by atoms with Crippen molar-refractivity contribution in [2.24, 2.45) is 0 Å². The Balaban J connectivity index is 1.99. The third-order valence-corrected chi connectivity index (χ3v) is 3.36. The first-order valence-corrected chi connectivity index (χ1v) is 6.26. The van der Waals surface area contributed by atoms with Crippen molar-refractivity contribution in [2.45, 2.75) is 44.6 Å². The van der Waals surface area contributed by atoms with Crippen LogP contribution in [0.3, 0.4) is 0 Å². The average Bonchev–Trinajstić information content (AvgIpc) is 2.73. The van der Waals surface area contributed by atoms with Crippen molar-refractivity contribution < 1.29 is 14.9 Å². The van der Waals surface area contributed by atoms with E-state index in [1.807, 2.05) is 0 Å². The van der Waals surface area contributed by atoms with Gasteiger partial charge in [-0.2, -0.15) is 0 Å². The molecule has 7 heteroatoms. The molecule has 2 heterocycles. The van der Waals surface area contributed by atoms with Crippen LogP contribution in [0.25, 0.3) is 0 Å². The molecule has 1 saturated heterocycles. The molecule has 1 fully saturated rings. The molecule has 19 heavy (non-hydrogen) atoms. The summed E-state index contributed by atoms with van der Waals surface area (Å²) in [6, 6.07) is 0. The Bertz CT molecular complexity index is 550. The number of nitrogens with zero attached hydrogens (tertiary/aromatic N) is 1. The van der Waals surface area contributed by atoms with Crippen LogP contribution in [0.15, 0.2) is 15.8 Å². The molecule has 0 radical (unpaired) electrons. The standard InChI is InChI=1S/C12H18N2O5/c1-7-5-14(12(18)13-11(7)17)3-2-8-4-9(16)10(6-15)19-8/h5,8-10,15-16H,2-4,6H2,1H3,(H,13,17,18)/t8-,9-,10+/m0/s1. The third kappa shape index (κ3) is 3.12. The highest BCUT2D eigenvalue weighted by Crippen LogP contribution is 2.22. The van der Waals surface area contributed by atoms with Gasteiger partial charge in [0.2, 0.25) is 0 Å². The largest absolute Gasteiger partial charge is 0.394 e. The van der Waals surface area contributed by atoms with Gasteiger partial charge in [-0.05, 0) is 13.3 Å². The summed E-state index contributed by atoms with van der Waals surface area (Å²) >= 11 is 0. The Morgan fingerprint density at radius 3 is 2.89 bits per heavy atom. The van der Waals surface area contributed by atoms with Crippen molar-refractivity contribution in [1.82, 2.24) is 9.55 Å². The van der Waals surface area contributed by atoms with E-state index in [1.54, 1.807) is 6.92 Å². The number of aromatic nitrogens is 2. The lowest BCUT2D eigenvalue weighted by molar-refractivity contribution is -0.0246. The van der Waals surface area contributed by atoms with E-state index in [0.29, 0.717) is 24.9 Å². The minimum Gasteiger partial charge on any atom is -0.394 e. The quantitative estimate of drug-likeness (QED) is 0.634. The van der Waals surface area contributed by atoms with Crippen molar-refractivity contribution in [3.05, 3.63) is 32.6 Å². The minimum atomic E-state index is -0.663. The summed E-state index contributed by atoms with van der Waals surface area (Å²) in [6.07, 6.45) is 1.10. The van der Waals surface area contributed by atoms with E-state index < -0.39 is 17.9 Å². The number of aromatic amines is 1. The number of H-pyrrole nitrogens is 1. The predicted molar refractivity (Wildman–Crippen MR) is 67.0 cm³/mol. The second kappa shape index (κ2) is 5.68. The molecule has 0 spiro atoms. The van der Waals surface area contributed by atoms with E-state index >= 15 is 0 Å². The first kappa shape index (κ1) is 14.0. The molecule has 1 aliphatic heterocycles. The number of ether oxygens (including phenoxy) is 1. The molecule has 0 amide bonds. The summed E-state index contributed by atoms with van der Waals surface area (Å²) in [7, 11) is 0. The zero-order valence-electron chi connectivity index (χ0n) is 10.7. The molecule has 3 atom stereocenters. The lowest BCUT2D eigenvalue weighted by atomic mass is 10.1. The topological polar surface area (TPSA) is 105 Å². The van der Waals surface area contributed by atoms with Crippen molar-refractivity contribution in [1.29, 1.82) is 0 Å². The molecule has 1 aromatic rings. The number of hydrogen-bond acceptors (Lipinski definition) is 5. The molecule has 1 aromatic heterocycles. The molecule has 0 saturated carbocycles. The summed E-state index contributed by atoms with van der Waals surface area (Å²) in [4.78, 5) is 25.0. The summed E-state index contributed by atoms with van der Waals surface area (Å²) in [5.74, 6) is 0. The van der Waals surface area contributed by atoms with E-state index in [9.17, 15) is 14.7 Å². The zero-order chi connectivity index (χ0) is 14.0. The first-order chi connectivity index (χ1) is 9.01. The fourth-order valence-electron chi connectivity index (χ4n) is 2.23. The Morgan fingerprint density at radius 2 is 2.26 bits per heavy atom. The van der Waals surface area contributed by atoms with Crippen molar-refractivity contribution >= 4 is 0 Å². The van der Waals surface area contributed by atoms with Crippen molar-refractivity contribution in [3.63, 3.8) is 0 Å². The minimum absolute atomic E-state index is 0.189. The van der Waals surface area contributed by atoms with Gasteiger partial charge in [0.25, 0.3) is 5.56 Å². The monoisotopic (exact) mass is 270 g/mol. The molecule has 0 aliphatic carbocycles. The normalized spacial score (nSPS) is 26.8. The lowest BCUT2D eigenvalue weighted by Gasteiger charge is -2.12. The molecular formula is C12H18N2O5. The maximum atomic E-state index is 11.6. The van der Waals surface area contributed by atoms with Crippen LogP contribution in [0.4, 0.5) is 0 Å². The van der Waals surface area contributed by atoms with E-state index in [2.05, 4.69) is 4.98 Å². The summed E-state index contributed by atoms with van der Waals surface area (Å²) < 4.78 is 6.87. The van der Waals surface area contributed by atoms with Gasteiger partial charge in [0.1, 0.15) is 6.10 Å². The average molecular weight is 270 g/mol. The maximum Gasteiger partial charge on any atom is 0.328 e. The van der Waals surface area contributed by atoms with Gasteiger partial charge in [-0.3, -0.25) is 9.78 Å². The summed E-state index contributed by atoms with van der Waals surface area (Å²) in [6.45, 7) is 1.81. The zero-order valence-corrected chi connectivity index (χ0v) is 10.7. The van der Waals surface area contributed by atoms with Crippen LogP contribution in [0.2, 0.25) is 0 Å². The van der Waals surface area contributed by atoms with E-state index in [0.717, 1.165) is 0 Å². The summed E-state index contributed by atoms with van der Waals surface area (Å²) in [5, 5.41) is 18.6. The number of aliphatic hydroxyl groups is 2. The highest BCUT2D eigenvalue weighted by atomic mass is 16.5. The number of hydrogen-bond donors (Lipinski definition) is 3. The summed E-state index contributed by atoms with van der Waals surface area (Å²) in [5.41, 5.74) is -0.359. The molecule has 3 N–H and O–H groups in total. The van der Waals surface area contributed by atoms with Crippen molar-refractivity contribution in [2.75, 3.05) is 6.61 Å². The predicted octanol–water partition coefficient (Wildman–Crippen LogP) is -1.25. The van der Waals surface area contributed by atoms with Crippen LogP contribution < -0.4 is 11.2 Å². The molecule has 7 nitrogen and oxygen atoms in total. The van der Waals surface area contributed by atoms with Crippen LogP contribution in [-0.2, 0) is 11.3 Å². The highest BCUT2D eigenvalue weighted by molar-refractivity contribution is 5.00. The van der Waals surface area contributed by atoms with Crippen LogP contribution >= 0.6 is 0 Å². The highest BCUT2D eigenvalue weighted by Gasteiger charge is 2.32. The number of nitrogens with one attached hydrogen (secondary N) is 1. The van der Waals surface area contributed by atoms with Gasteiger partial charge < -0.3 is 19.5 Å². The van der Waals surface area contributed by atoms with Gasteiger partial charge in [-0.15, -0.1) is 0 Å². The number of rotatable bonds is 4. The fraction of sp³-hybridized carbons (Fsp3) is 0.667. The lowest BCUT2D eigenvalue weighted by Crippen LogP contribution is -2.31. The van der Waals surface area contributed by atoms with Crippen LogP contribution in [-0.4, -0.2) is 44.7 Å².